The standard InChI is InChI=1S/C22H31N5O2/c1-15(2)26-8-7-20(22(26)29)25-11-9-24(10-12-25)17-5-6-18-19(13-17)23-14-27(16(3)4)21(18)28/h5-6,13-16,20H,7-12H2,1-4H3. The normalized spacial score (nSPS) is 21.2. The van der Waals surface area contributed by atoms with E-state index in [1.807, 2.05) is 36.9 Å². The van der Waals surface area contributed by atoms with E-state index in [1.54, 1.807) is 10.9 Å². The van der Waals surface area contributed by atoms with E-state index < -0.39 is 0 Å². The van der Waals surface area contributed by atoms with Crippen LogP contribution in [0.25, 0.3) is 10.9 Å². The van der Waals surface area contributed by atoms with E-state index in [0.717, 1.165) is 50.3 Å². The third-order valence-electron chi connectivity index (χ3n) is 6.28. The quantitative estimate of drug-likeness (QED) is 0.791. The lowest BCUT2D eigenvalue weighted by Gasteiger charge is -2.38. The predicted molar refractivity (Wildman–Crippen MR) is 115 cm³/mol. The summed E-state index contributed by atoms with van der Waals surface area (Å²) in [6.07, 6.45) is 2.57. The summed E-state index contributed by atoms with van der Waals surface area (Å²) < 4.78 is 1.67. The second-order valence-corrected chi connectivity index (χ2v) is 8.71. The first-order valence-corrected chi connectivity index (χ1v) is 10.7. The summed E-state index contributed by atoms with van der Waals surface area (Å²) in [7, 11) is 0. The number of aromatic nitrogens is 2. The zero-order chi connectivity index (χ0) is 20.7. The van der Waals surface area contributed by atoms with E-state index in [0.29, 0.717) is 5.39 Å². The Bertz CT molecular complexity index is 959. The molecular weight excluding hydrogens is 366 g/mol. The molecular formula is C22H31N5O2. The monoisotopic (exact) mass is 397 g/mol. The number of nitrogens with zero attached hydrogens (tertiary/aromatic N) is 5. The van der Waals surface area contributed by atoms with Gasteiger partial charge in [-0.15, -0.1) is 0 Å². The zero-order valence-corrected chi connectivity index (χ0v) is 17.8. The number of hydrogen-bond donors (Lipinski definition) is 0. The van der Waals surface area contributed by atoms with Crippen LogP contribution < -0.4 is 10.5 Å². The highest BCUT2D eigenvalue weighted by Crippen LogP contribution is 2.24. The number of hydrogen-bond acceptors (Lipinski definition) is 5. The van der Waals surface area contributed by atoms with Crippen molar-refractivity contribution >= 4 is 22.5 Å². The number of anilines is 1. The van der Waals surface area contributed by atoms with E-state index in [4.69, 9.17) is 0 Å². The van der Waals surface area contributed by atoms with E-state index in [2.05, 4.69) is 28.6 Å². The van der Waals surface area contributed by atoms with Crippen LogP contribution in [-0.4, -0.2) is 70.1 Å². The molecule has 29 heavy (non-hydrogen) atoms. The maximum Gasteiger partial charge on any atom is 0.261 e. The molecule has 7 heteroatoms. The second kappa shape index (κ2) is 7.78. The number of carbonyl (C=O) groups is 1. The van der Waals surface area contributed by atoms with E-state index >= 15 is 0 Å². The molecule has 4 rings (SSSR count). The molecule has 0 radical (unpaired) electrons. The highest BCUT2D eigenvalue weighted by Gasteiger charge is 2.38. The van der Waals surface area contributed by atoms with E-state index in [-0.39, 0.29) is 29.6 Å². The zero-order valence-electron chi connectivity index (χ0n) is 17.8. The van der Waals surface area contributed by atoms with Gasteiger partial charge in [0.05, 0.1) is 23.3 Å². The molecule has 1 aromatic heterocycles. The molecule has 1 aromatic carbocycles. The lowest BCUT2D eigenvalue weighted by molar-refractivity contribution is -0.133. The van der Waals surface area contributed by atoms with Crippen molar-refractivity contribution in [3.05, 3.63) is 34.9 Å². The van der Waals surface area contributed by atoms with Crippen molar-refractivity contribution in [2.75, 3.05) is 37.6 Å². The Balaban J connectivity index is 1.46. The van der Waals surface area contributed by atoms with E-state index in [9.17, 15) is 9.59 Å². The van der Waals surface area contributed by atoms with Crippen LogP contribution in [0.3, 0.4) is 0 Å². The fourth-order valence-electron chi connectivity index (χ4n) is 4.52. The summed E-state index contributed by atoms with van der Waals surface area (Å²) >= 11 is 0. The SMILES string of the molecule is CC(C)N1CCC(N2CCN(c3ccc4c(=O)n(C(C)C)cnc4c3)CC2)C1=O. The molecule has 0 aliphatic carbocycles. The molecule has 1 atom stereocenters. The maximum absolute atomic E-state index is 12.7. The van der Waals surface area contributed by atoms with Gasteiger partial charge >= 0.3 is 0 Å². The minimum Gasteiger partial charge on any atom is -0.369 e. The molecule has 2 aromatic rings. The number of rotatable bonds is 4. The Morgan fingerprint density at radius 3 is 2.31 bits per heavy atom. The fourth-order valence-corrected chi connectivity index (χ4v) is 4.52. The lowest BCUT2D eigenvalue weighted by atomic mass is 10.1. The van der Waals surface area contributed by atoms with Crippen molar-refractivity contribution in [1.29, 1.82) is 0 Å². The summed E-state index contributed by atoms with van der Waals surface area (Å²) in [5.41, 5.74) is 1.84. The van der Waals surface area contributed by atoms with Gasteiger partial charge in [-0.3, -0.25) is 19.1 Å². The first-order chi connectivity index (χ1) is 13.9. The molecule has 1 amide bonds. The highest BCUT2D eigenvalue weighted by molar-refractivity contribution is 5.84. The Hall–Kier alpha value is -2.41. The van der Waals surface area contributed by atoms with Crippen LogP contribution in [0.4, 0.5) is 5.69 Å². The molecule has 0 bridgehead atoms. The van der Waals surface area contributed by atoms with Crippen molar-refractivity contribution in [2.45, 2.75) is 52.2 Å². The molecule has 0 N–H and O–H groups in total. The first-order valence-electron chi connectivity index (χ1n) is 10.7. The third-order valence-corrected chi connectivity index (χ3v) is 6.28. The number of amides is 1. The van der Waals surface area contributed by atoms with Crippen LogP contribution in [0, 0.1) is 0 Å². The predicted octanol–water partition coefficient (Wildman–Crippen LogP) is 2.11. The molecule has 2 aliphatic rings. The van der Waals surface area contributed by atoms with Crippen molar-refractivity contribution < 1.29 is 4.79 Å². The molecule has 0 saturated carbocycles. The van der Waals surface area contributed by atoms with Crippen molar-refractivity contribution in [2.24, 2.45) is 0 Å². The van der Waals surface area contributed by atoms with Gasteiger partial charge in [0, 0.05) is 50.5 Å². The minimum atomic E-state index is 0.0100. The molecule has 156 valence electrons. The molecule has 1 unspecified atom stereocenters. The minimum absolute atomic E-state index is 0.0100. The smallest absolute Gasteiger partial charge is 0.261 e. The van der Waals surface area contributed by atoms with Crippen LogP contribution in [0.1, 0.15) is 40.2 Å². The number of carbonyl (C=O) groups excluding carboxylic acids is 1. The van der Waals surface area contributed by atoms with Gasteiger partial charge in [0.15, 0.2) is 0 Å². The second-order valence-electron chi connectivity index (χ2n) is 8.71. The lowest BCUT2D eigenvalue weighted by Crippen LogP contribution is -2.53. The van der Waals surface area contributed by atoms with Crippen molar-refractivity contribution in [3.63, 3.8) is 0 Å². The third kappa shape index (κ3) is 3.64. The molecule has 3 heterocycles. The van der Waals surface area contributed by atoms with Crippen LogP contribution in [-0.2, 0) is 4.79 Å². The summed E-state index contributed by atoms with van der Waals surface area (Å²) in [5, 5.41) is 0.661. The average molecular weight is 398 g/mol. The maximum atomic E-state index is 12.7. The number of benzene rings is 1. The summed E-state index contributed by atoms with van der Waals surface area (Å²) in [6, 6.07) is 6.33. The summed E-state index contributed by atoms with van der Waals surface area (Å²) in [6.45, 7) is 12.5. The highest BCUT2D eigenvalue weighted by atomic mass is 16.2. The number of fused-ring (bicyclic) bond motifs is 1. The van der Waals surface area contributed by atoms with Crippen LogP contribution in [0.2, 0.25) is 0 Å². The summed E-state index contributed by atoms with van der Waals surface area (Å²) in [4.78, 5) is 36.5. The van der Waals surface area contributed by atoms with Gasteiger partial charge in [-0.2, -0.15) is 0 Å². The Labute approximate surface area is 171 Å². The van der Waals surface area contributed by atoms with E-state index in [1.165, 1.54) is 0 Å². The first kappa shape index (κ1) is 19.9. The molecule has 0 spiro atoms. The van der Waals surface area contributed by atoms with Gasteiger partial charge in [-0.25, -0.2) is 4.98 Å². The van der Waals surface area contributed by atoms with Crippen molar-refractivity contribution in [1.82, 2.24) is 19.4 Å². The Kier molecular flexibility index (Phi) is 5.34. The van der Waals surface area contributed by atoms with Gasteiger partial charge in [-0.05, 0) is 52.3 Å². The van der Waals surface area contributed by atoms with Crippen LogP contribution in [0.5, 0.6) is 0 Å². The van der Waals surface area contributed by atoms with Gasteiger partial charge in [0.1, 0.15) is 0 Å². The topological polar surface area (TPSA) is 61.7 Å². The van der Waals surface area contributed by atoms with Gasteiger partial charge in [0.25, 0.3) is 5.56 Å². The van der Waals surface area contributed by atoms with Gasteiger partial charge in [0.2, 0.25) is 5.91 Å². The Morgan fingerprint density at radius 2 is 1.69 bits per heavy atom. The number of piperazine rings is 1. The fraction of sp³-hybridized carbons (Fsp3) is 0.591. The largest absolute Gasteiger partial charge is 0.369 e. The molecule has 2 aliphatic heterocycles. The molecule has 2 saturated heterocycles. The number of likely N-dealkylation sites (tertiary alicyclic amines) is 1. The average Bonchev–Trinajstić information content (AvgIpc) is 3.09. The molecule has 2 fully saturated rings. The van der Waals surface area contributed by atoms with Crippen LogP contribution in [0.15, 0.2) is 29.3 Å². The van der Waals surface area contributed by atoms with Crippen LogP contribution >= 0.6 is 0 Å². The van der Waals surface area contributed by atoms with Gasteiger partial charge < -0.3 is 9.80 Å². The van der Waals surface area contributed by atoms with Crippen molar-refractivity contribution in [3.8, 4) is 0 Å². The van der Waals surface area contributed by atoms with Gasteiger partial charge in [-0.1, -0.05) is 0 Å². The molecule has 7 nitrogen and oxygen atoms in total. The Morgan fingerprint density at radius 1 is 0.966 bits per heavy atom. The summed E-state index contributed by atoms with van der Waals surface area (Å²) in [5.74, 6) is 0.282.